The van der Waals surface area contributed by atoms with Gasteiger partial charge < -0.3 is 15.4 Å². The van der Waals surface area contributed by atoms with E-state index < -0.39 is 0 Å². The van der Waals surface area contributed by atoms with Gasteiger partial charge in [-0.15, -0.1) is 17.5 Å². The average molecular weight is 428 g/mol. The molecule has 3 aromatic rings. The lowest BCUT2D eigenvalue weighted by molar-refractivity contribution is 0.102. The first kappa shape index (κ1) is 21.8. The van der Waals surface area contributed by atoms with Gasteiger partial charge in [0, 0.05) is 0 Å². The summed E-state index contributed by atoms with van der Waals surface area (Å²) in [6, 6.07) is 15.4. The van der Waals surface area contributed by atoms with Gasteiger partial charge in [-0.05, 0) is 69.6 Å². The molecule has 7 nitrogen and oxygen atoms in total. The predicted octanol–water partition coefficient (Wildman–Crippen LogP) is 4.29. The Balaban J connectivity index is 0.00000256. The minimum Gasteiger partial charge on any atom is -0.455 e. The van der Waals surface area contributed by atoms with Crippen molar-refractivity contribution in [3.8, 4) is 11.5 Å². The number of nitrogens with one attached hydrogen (secondary N) is 2. The third-order valence-corrected chi connectivity index (χ3v) is 5.15. The molecule has 2 aromatic carbocycles. The van der Waals surface area contributed by atoms with Gasteiger partial charge >= 0.3 is 0 Å². The van der Waals surface area contributed by atoms with Crippen molar-refractivity contribution in [2.45, 2.75) is 32.7 Å². The first-order valence-electron chi connectivity index (χ1n) is 9.89. The maximum atomic E-state index is 12.9. The zero-order valence-corrected chi connectivity index (χ0v) is 17.9. The number of aryl methyl sites for hydroxylation is 1. The molecule has 158 valence electrons. The summed E-state index contributed by atoms with van der Waals surface area (Å²) in [4.78, 5) is 12.9. The van der Waals surface area contributed by atoms with Crippen LogP contribution >= 0.6 is 12.4 Å². The third-order valence-electron chi connectivity index (χ3n) is 5.15. The maximum absolute atomic E-state index is 12.9. The number of rotatable bonds is 5. The summed E-state index contributed by atoms with van der Waals surface area (Å²) >= 11 is 0. The van der Waals surface area contributed by atoms with Crippen molar-refractivity contribution in [3.05, 3.63) is 65.5 Å². The van der Waals surface area contributed by atoms with Crippen molar-refractivity contribution in [2.24, 2.45) is 0 Å². The molecule has 1 saturated heterocycles. The van der Waals surface area contributed by atoms with E-state index in [1.807, 2.05) is 67.1 Å². The second-order valence-corrected chi connectivity index (χ2v) is 7.32. The molecule has 1 amide bonds. The van der Waals surface area contributed by atoms with E-state index in [4.69, 9.17) is 4.74 Å². The van der Waals surface area contributed by atoms with E-state index in [-0.39, 0.29) is 24.4 Å². The van der Waals surface area contributed by atoms with Gasteiger partial charge in [-0.1, -0.05) is 29.5 Å². The number of nitrogens with zero attached hydrogens (tertiary/aromatic N) is 3. The molecule has 0 spiro atoms. The molecular weight excluding hydrogens is 402 g/mol. The van der Waals surface area contributed by atoms with Crippen LogP contribution in [-0.4, -0.2) is 34.0 Å². The van der Waals surface area contributed by atoms with Crippen LogP contribution in [0, 0.1) is 13.8 Å². The molecule has 0 aliphatic carbocycles. The number of hydrogen-bond acceptors (Lipinski definition) is 5. The van der Waals surface area contributed by atoms with Gasteiger partial charge in [0.25, 0.3) is 5.91 Å². The number of benzene rings is 2. The number of carbonyl (C=O) groups excluding carboxylic acids is 1. The topological polar surface area (TPSA) is 81.1 Å². The Morgan fingerprint density at radius 1 is 1.13 bits per heavy atom. The summed E-state index contributed by atoms with van der Waals surface area (Å²) in [5, 5.41) is 14.7. The standard InChI is InChI=1S/C22H25N5O2.ClH/c1-15-6-5-7-18(14-15)29-20-9-4-3-8-19(20)24-22(28)21-16(2)27(26-25-21)17-10-12-23-13-11-17;/h3-9,14,17,23H,10-13H2,1-2H3,(H,24,28);1H. The minimum atomic E-state index is -0.289. The molecule has 2 N–H and O–H groups in total. The molecule has 2 heterocycles. The molecule has 1 aliphatic rings. The van der Waals surface area contributed by atoms with Crippen LogP contribution in [0.2, 0.25) is 0 Å². The molecule has 0 atom stereocenters. The van der Waals surface area contributed by atoms with Crippen LogP contribution in [0.15, 0.2) is 48.5 Å². The van der Waals surface area contributed by atoms with Gasteiger partial charge in [-0.3, -0.25) is 4.79 Å². The average Bonchev–Trinajstić information content (AvgIpc) is 3.12. The fourth-order valence-corrected chi connectivity index (χ4v) is 3.59. The smallest absolute Gasteiger partial charge is 0.278 e. The highest BCUT2D eigenvalue weighted by molar-refractivity contribution is 6.04. The number of piperidine rings is 1. The van der Waals surface area contributed by atoms with Crippen LogP contribution in [-0.2, 0) is 0 Å². The number of para-hydroxylation sites is 2. The molecule has 0 unspecified atom stereocenters. The Morgan fingerprint density at radius 2 is 1.90 bits per heavy atom. The molecular formula is C22H26ClN5O2. The van der Waals surface area contributed by atoms with Gasteiger partial charge in [0.05, 0.1) is 17.4 Å². The minimum absolute atomic E-state index is 0. The number of carbonyl (C=O) groups is 1. The molecule has 0 radical (unpaired) electrons. The number of aromatic nitrogens is 3. The van der Waals surface area contributed by atoms with E-state index in [2.05, 4.69) is 20.9 Å². The van der Waals surface area contributed by atoms with Crippen molar-refractivity contribution in [2.75, 3.05) is 18.4 Å². The molecule has 1 aromatic heterocycles. The van der Waals surface area contributed by atoms with E-state index in [9.17, 15) is 4.79 Å². The summed E-state index contributed by atoms with van der Waals surface area (Å²) in [7, 11) is 0. The van der Waals surface area contributed by atoms with Gasteiger partial charge in [0.1, 0.15) is 5.75 Å². The van der Waals surface area contributed by atoms with Crippen LogP contribution in [0.4, 0.5) is 5.69 Å². The summed E-state index contributed by atoms with van der Waals surface area (Å²) in [5.74, 6) is 1.01. The Kier molecular flexibility index (Phi) is 7.07. The molecule has 4 rings (SSSR count). The van der Waals surface area contributed by atoms with Crippen LogP contribution in [0.5, 0.6) is 11.5 Å². The van der Waals surface area contributed by atoms with E-state index in [1.54, 1.807) is 0 Å². The van der Waals surface area contributed by atoms with Crippen LogP contribution in [0.25, 0.3) is 0 Å². The summed E-state index contributed by atoms with van der Waals surface area (Å²) < 4.78 is 7.87. The highest BCUT2D eigenvalue weighted by Gasteiger charge is 2.23. The summed E-state index contributed by atoms with van der Waals surface area (Å²) in [5.41, 5.74) is 2.82. The first-order chi connectivity index (χ1) is 14.1. The van der Waals surface area contributed by atoms with Crippen LogP contribution < -0.4 is 15.4 Å². The van der Waals surface area contributed by atoms with Gasteiger partial charge in [0.15, 0.2) is 11.4 Å². The number of hydrogen-bond donors (Lipinski definition) is 2. The third kappa shape index (κ3) is 4.80. The molecule has 0 bridgehead atoms. The van der Waals surface area contributed by atoms with E-state index in [0.717, 1.165) is 42.9 Å². The van der Waals surface area contributed by atoms with Gasteiger partial charge in [-0.2, -0.15) is 0 Å². The molecule has 8 heteroatoms. The fourth-order valence-electron chi connectivity index (χ4n) is 3.59. The molecule has 30 heavy (non-hydrogen) atoms. The highest BCUT2D eigenvalue weighted by Crippen LogP contribution is 2.30. The normalized spacial score (nSPS) is 14.1. The Labute approximate surface area is 182 Å². The quantitative estimate of drug-likeness (QED) is 0.635. The van der Waals surface area contributed by atoms with Crippen molar-refractivity contribution >= 4 is 24.0 Å². The summed E-state index contributed by atoms with van der Waals surface area (Å²) in [6.45, 7) is 5.81. The molecule has 1 fully saturated rings. The number of amides is 1. The van der Waals surface area contributed by atoms with Crippen molar-refractivity contribution in [3.63, 3.8) is 0 Å². The van der Waals surface area contributed by atoms with E-state index >= 15 is 0 Å². The lowest BCUT2D eigenvalue weighted by atomic mass is 10.1. The number of ether oxygens (including phenoxy) is 1. The molecule has 0 saturated carbocycles. The Bertz CT molecular complexity index is 1010. The highest BCUT2D eigenvalue weighted by atomic mass is 35.5. The first-order valence-corrected chi connectivity index (χ1v) is 9.89. The number of halogens is 1. The Morgan fingerprint density at radius 3 is 2.67 bits per heavy atom. The molecule has 1 aliphatic heterocycles. The maximum Gasteiger partial charge on any atom is 0.278 e. The fraction of sp³-hybridized carbons (Fsp3) is 0.318. The van der Waals surface area contributed by atoms with Gasteiger partial charge in [-0.25, -0.2) is 4.68 Å². The van der Waals surface area contributed by atoms with Crippen molar-refractivity contribution in [1.29, 1.82) is 0 Å². The van der Waals surface area contributed by atoms with Crippen LogP contribution in [0.3, 0.4) is 0 Å². The lowest BCUT2D eigenvalue weighted by Gasteiger charge is -2.23. The zero-order chi connectivity index (χ0) is 20.2. The SMILES string of the molecule is Cc1cccc(Oc2ccccc2NC(=O)c2nnn(C3CCNCC3)c2C)c1.Cl. The van der Waals surface area contributed by atoms with Gasteiger partial charge in [0.2, 0.25) is 0 Å². The van der Waals surface area contributed by atoms with E-state index in [0.29, 0.717) is 17.1 Å². The summed E-state index contributed by atoms with van der Waals surface area (Å²) in [6.07, 6.45) is 1.97. The number of anilines is 1. The predicted molar refractivity (Wildman–Crippen MR) is 119 cm³/mol. The van der Waals surface area contributed by atoms with Crippen molar-refractivity contribution in [1.82, 2.24) is 20.3 Å². The zero-order valence-electron chi connectivity index (χ0n) is 17.1. The van der Waals surface area contributed by atoms with Crippen molar-refractivity contribution < 1.29 is 9.53 Å². The largest absolute Gasteiger partial charge is 0.455 e. The lowest BCUT2D eigenvalue weighted by Crippen LogP contribution is -2.30. The van der Waals surface area contributed by atoms with Crippen LogP contribution in [0.1, 0.15) is 40.6 Å². The Hall–Kier alpha value is -2.90. The second kappa shape index (κ2) is 9.73. The van der Waals surface area contributed by atoms with E-state index in [1.165, 1.54) is 0 Å². The monoisotopic (exact) mass is 427 g/mol. The second-order valence-electron chi connectivity index (χ2n) is 7.32.